The first kappa shape index (κ1) is 36.5. The molecule has 0 unspecified atom stereocenters. The monoisotopic (exact) mass is 891 g/mol. The molecule has 7 heteroatoms. The van der Waals surface area contributed by atoms with Gasteiger partial charge in [-0.3, -0.25) is 4.57 Å². The van der Waals surface area contributed by atoms with Crippen LogP contribution in [-0.2, 0) is 0 Å². The Labute approximate surface area is 396 Å². The van der Waals surface area contributed by atoms with Crippen molar-refractivity contribution in [3.63, 3.8) is 0 Å². The van der Waals surface area contributed by atoms with Crippen LogP contribution in [0.2, 0.25) is 0 Å². The maximum absolute atomic E-state index is 6.66. The van der Waals surface area contributed by atoms with Crippen LogP contribution in [0.3, 0.4) is 0 Å². The van der Waals surface area contributed by atoms with E-state index in [0.29, 0.717) is 17.6 Å². The van der Waals surface area contributed by atoms with Gasteiger partial charge < -0.3 is 13.4 Å². The van der Waals surface area contributed by atoms with Crippen LogP contribution in [-0.4, -0.2) is 24.1 Å². The molecule has 0 aliphatic carbocycles. The van der Waals surface area contributed by atoms with Crippen LogP contribution in [0.1, 0.15) is 0 Å². The van der Waals surface area contributed by atoms with E-state index < -0.39 is 0 Å². The first-order chi connectivity index (χ1) is 34.7. The van der Waals surface area contributed by atoms with E-state index >= 15 is 0 Å². The largest absolute Gasteiger partial charge is 0.456 e. The van der Waals surface area contributed by atoms with Crippen LogP contribution in [0.25, 0.3) is 165 Å². The van der Waals surface area contributed by atoms with E-state index in [-0.39, 0.29) is 0 Å². The van der Waals surface area contributed by atoms with Gasteiger partial charge in [-0.25, -0.2) is 4.98 Å². The maximum atomic E-state index is 6.66. The summed E-state index contributed by atoms with van der Waals surface area (Å²) < 4.78 is 17.9. The van der Waals surface area contributed by atoms with Gasteiger partial charge >= 0.3 is 0 Å². The number of hydrogen-bond acceptors (Lipinski definition) is 5. The summed E-state index contributed by atoms with van der Waals surface area (Å²) in [7, 11) is 0. The highest BCUT2D eigenvalue weighted by Crippen LogP contribution is 2.49. The molecule has 17 aromatic rings. The molecule has 17 rings (SSSR count). The van der Waals surface area contributed by atoms with Crippen molar-refractivity contribution in [3.05, 3.63) is 200 Å². The number of nitrogens with zero attached hydrogens (tertiary/aromatic N) is 5. The number of furan rings is 2. The maximum Gasteiger partial charge on any atom is 0.238 e. The number of fused-ring (bicyclic) bond motifs is 6. The topological polar surface area (TPSA) is 74.8 Å². The van der Waals surface area contributed by atoms with Gasteiger partial charge in [0, 0.05) is 59.9 Å². The van der Waals surface area contributed by atoms with E-state index in [4.69, 9.17) is 23.8 Å². The first-order valence-corrected chi connectivity index (χ1v) is 23.7. The van der Waals surface area contributed by atoms with Crippen molar-refractivity contribution in [1.29, 1.82) is 0 Å². The summed E-state index contributed by atoms with van der Waals surface area (Å²) in [6, 6.07) is 71.1. The summed E-state index contributed by atoms with van der Waals surface area (Å²) >= 11 is 0. The second-order valence-electron chi connectivity index (χ2n) is 18.6. The quantitative estimate of drug-likeness (QED) is 0.176. The fourth-order valence-electron chi connectivity index (χ4n) is 12.3. The summed E-state index contributed by atoms with van der Waals surface area (Å²) in [5.74, 6) is 1.70. The number of hydrogen-bond donors (Lipinski definition) is 0. The van der Waals surface area contributed by atoms with Crippen molar-refractivity contribution in [3.8, 4) is 34.4 Å². The smallest absolute Gasteiger partial charge is 0.238 e. The molecule has 0 N–H and O–H groups in total. The fraction of sp³-hybridized carbons (Fsp3) is 0. The molecule has 0 spiro atoms. The molecule has 7 nitrogen and oxygen atoms in total. The highest BCUT2D eigenvalue weighted by molar-refractivity contribution is 6.39. The predicted octanol–water partition coefficient (Wildman–Crippen LogP) is 16.7. The molecule has 0 aliphatic heterocycles. The molecule has 0 bridgehead atoms. The normalized spacial score (nSPS) is 12.6. The molecule has 0 atom stereocenters. The van der Waals surface area contributed by atoms with Crippen LogP contribution < -0.4 is 0 Å². The Kier molecular flexibility index (Phi) is 6.83. The summed E-state index contributed by atoms with van der Waals surface area (Å²) in [5.41, 5.74) is 10.5. The van der Waals surface area contributed by atoms with Gasteiger partial charge in [0.2, 0.25) is 5.95 Å². The first-order valence-electron chi connectivity index (χ1n) is 23.7. The van der Waals surface area contributed by atoms with E-state index in [0.717, 1.165) is 104 Å². The molecule has 0 radical (unpaired) electrons. The predicted molar refractivity (Wildman–Crippen MR) is 286 cm³/mol. The van der Waals surface area contributed by atoms with Gasteiger partial charge in [-0.05, 0) is 104 Å². The Morgan fingerprint density at radius 1 is 0.271 bits per heavy atom. The van der Waals surface area contributed by atoms with Crippen molar-refractivity contribution in [2.45, 2.75) is 0 Å². The molecule has 0 aliphatic rings. The standard InChI is InChI=1S/C63H33N5O2/c1-2-13-34(14-3-1)61-64-62(66-63(65-61)68-46-26-10-22-42-38-18-5-7-20-40(38)44-24-12-28-50-56(44)60-52(70-50)32-30-48(68)58(60)54(42)46)35-15-8-16-36(33-35)67-45-25-9-21-41-37-17-4-6-19-39(37)43-23-11-27-49-55(43)59-51(69-49)31-29-47(67)57(59)53(41)45/h1-33H. The van der Waals surface area contributed by atoms with Gasteiger partial charge in [0.25, 0.3) is 0 Å². The lowest BCUT2D eigenvalue weighted by Gasteiger charge is -2.13. The van der Waals surface area contributed by atoms with Gasteiger partial charge in [0.15, 0.2) is 11.6 Å². The second-order valence-corrected chi connectivity index (χ2v) is 18.6. The summed E-state index contributed by atoms with van der Waals surface area (Å²) in [6.45, 7) is 0. The van der Waals surface area contributed by atoms with Crippen molar-refractivity contribution >= 4 is 131 Å². The molecule has 0 fully saturated rings. The molecule has 12 aromatic carbocycles. The number of rotatable bonds is 4. The van der Waals surface area contributed by atoms with E-state index in [9.17, 15) is 0 Å². The number of aromatic nitrogens is 5. The third-order valence-electron chi connectivity index (χ3n) is 15.1. The molecule has 0 saturated carbocycles. The summed E-state index contributed by atoms with van der Waals surface area (Å²) in [5, 5.41) is 18.6. The summed E-state index contributed by atoms with van der Waals surface area (Å²) in [6.07, 6.45) is 0. The molecule has 5 aromatic heterocycles. The third-order valence-corrected chi connectivity index (χ3v) is 15.1. The fourth-order valence-corrected chi connectivity index (χ4v) is 12.3. The highest BCUT2D eigenvalue weighted by Gasteiger charge is 2.26. The van der Waals surface area contributed by atoms with E-state index in [2.05, 4.69) is 191 Å². The lowest BCUT2D eigenvalue weighted by atomic mass is 9.95. The molecule has 5 heterocycles. The average molecular weight is 892 g/mol. The number of benzene rings is 10. The SMILES string of the molecule is c1ccc(-c2nc(-c3cccc(-n4c5cccc6c7ccccc7c7cccc8oc9ccc4c(c9c87)c65)c3)nc(-n3c4cccc5c6ccccc6c6cccc7oc8ccc3c(c8c76)c54)n2)cc1. The molecule has 0 saturated heterocycles. The Balaban J connectivity index is 0.957. The van der Waals surface area contributed by atoms with Crippen molar-refractivity contribution in [2.75, 3.05) is 0 Å². The van der Waals surface area contributed by atoms with Crippen LogP contribution in [0.15, 0.2) is 209 Å². The van der Waals surface area contributed by atoms with Crippen molar-refractivity contribution in [2.24, 2.45) is 0 Å². The Hall–Kier alpha value is -9.59. The Bertz CT molecular complexity index is 5070. The minimum absolute atomic E-state index is 0.537. The molecular formula is C63H33N5O2. The minimum atomic E-state index is 0.537. The Morgan fingerprint density at radius 2 is 0.686 bits per heavy atom. The zero-order chi connectivity index (χ0) is 45.3. The summed E-state index contributed by atoms with van der Waals surface area (Å²) in [4.78, 5) is 16.1. The zero-order valence-electron chi connectivity index (χ0n) is 37.1. The average Bonchev–Trinajstić information content (AvgIpc) is 4.18. The highest BCUT2D eigenvalue weighted by atomic mass is 16.3. The van der Waals surface area contributed by atoms with E-state index in [1.54, 1.807) is 0 Å². The minimum Gasteiger partial charge on any atom is -0.456 e. The van der Waals surface area contributed by atoms with Crippen LogP contribution in [0.4, 0.5) is 0 Å². The third kappa shape index (κ3) is 4.61. The molecule has 70 heavy (non-hydrogen) atoms. The van der Waals surface area contributed by atoms with E-state index in [1.807, 2.05) is 18.2 Å². The van der Waals surface area contributed by atoms with Gasteiger partial charge in [0.1, 0.15) is 22.3 Å². The van der Waals surface area contributed by atoms with Crippen molar-refractivity contribution < 1.29 is 8.83 Å². The van der Waals surface area contributed by atoms with Gasteiger partial charge in [-0.2, -0.15) is 9.97 Å². The van der Waals surface area contributed by atoms with Crippen LogP contribution in [0.5, 0.6) is 0 Å². The zero-order valence-corrected chi connectivity index (χ0v) is 37.1. The van der Waals surface area contributed by atoms with Crippen LogP contribution in [0, 0.1) is 0 Å². The van der Waals surface area contributed by atoms with Gasteiger partial charge in [-0.15, -0.1) is 0 Å². The molecule has 322 valence electrons. The van der Waals surface area contributed by atoms with Crippen molar-refractivity contribution in [1.82, 2.24) is 24.1 Å². The lowest BCUT2D eigenvalue weighted by molar-refractivity contribution is 0.669. The van der Waals surface area contributed by atoms with Gasteiger partial charge in [-0.1, -0.05) is 140 Å². The lowest BCUT2D eigenvalue weighted by Crippen LogP contribution is -2.06. The second kappa shape index (κ2) is 13.1. The van der Waals surface area contributed by atoms with E-state index in [1.165, 1.54) is 43.1 Å². The van der Waals surface area contributed by atoms with Gasteiger partial charge in [0.05, 0.1) is 22.1 Å². The molecular weight excluding hydrogens is 859 g/mol. The Morgan fingerprint density at radius 3 is 1.26 bits per heavy atom. The molecule has 0 amide bonds. The van der Waals surface area contributed by atoms with Crippen LogP contribution >= 0.6 is 0 Å².